The first-order chi connectivity index (χ1) is 5.94. The summed E-state index contributed by atoms with van der Waals surface area (Å²) in [6.45, 7) is 0. The van der Waals surface area contributed by atoms with Crippen LogP contribution in [0.5, 0.6) is 0 Å². The molecule has 6 heteroatoms. The number of nitrogens with zero attached hydrogens (tertiary/aromatic N) is 1. The second kappa shape index (κ2) is 4.63. The highest BCUT2D eigenvalue weighted by Crippen LogP contribution is 2.14. The fraction of sp³-hybridized carbons (Fsp3) is 0.250. The second-order valence-corrected chi connectivity index (χ2v) is 5.01. The van der Waals surface area contributed by atoms with E-state index in [1.807, 2.05) is 0 Å². The van der Waals surface area contributed by atoms with E-state index in [9.17, 15) is 8.42 Å². The number of hydrogen-bond donors (Lipinski definition) is 1. The summed E-state index contributed by atoms with van der Waals surface area (Å²) in [7, 11) is -0.332. The van der Waals surface area contributed by atoms with Gasteiger partial charge < -0.3 is 5.73 Å². The van der Waals surface area contributed by atoms with Crippen molar-refractivity contribution in [2.45, 2.75) is 4.90 Å². The lowest BCUT2D eigenvalue weighted by atomic mass is 10.3. The van der Waals surface area contributed by atoms with Gasteiger partial charge in [0, 0.05) is 19.8 Å². The van der Waals surface area contributed by atoms with Crippen LogP contribution >= 0.6 is 12.4 Å². The average molecular weight is 237 g/mol. The van der Waals surface area contributed by atoms with Gasteiger partial charge in [0.2, 0.25) is 10.0 Å². The average Bonchev–Trinajstić information content (AvgIpc) is 2.04. The van der Waals surface area contributed by atoms with Crippen molar-refractivity contribution in [2.24, 2.45) is 0 Å². The van der Waals surface area contributed by atoms with Gasteiger partial charge in [0.25, 0.3) is 0 Å². The van der Waals surface area contributed by atoms with Gasteiger partial charge in [-0.15, -0.1) is 12.4 Å². The fourth-order valence-corrected chi connectivity index (χ4v) is 1.75. The van der Waals surface area contributed by atoms with Gasteiger partial charge in [-0.25, -0.2) is 12.7 Å². The van der Waals surface area contributed by atoms with E-state index in [0.29, 0.717) is 5.69 Å². The minimum atomic E-state index is -3.32. The Morgan fingerprint density at radius 1 is 1.14 bits per heavy atom. The molecule has 0 fully saturated rings. The number of halogens is 1. The van der Waals surface area contributed by atoms with Crippen molar-refractivity contribution in [3.8, 4) is 0 Å². The van der Waals surface area contributed by atoms with Gasteiger partial charge in [-0.2, -0.15) is 0 Å². The Balaban J connectivity index is 0.00000169. The highest BCUT2D eigenvalue weighted by atomic mass is 35.5. The third kappa shape index (κ3) is 2.60. The molecule has 80 valence electrons. The molecule has 0 bridgehead atoms. The third-order valence-corrected chi connectivity index (χ3v) is 3.49. The summed E-state index contributed by atoms with van der Waals surface area (Å²) in [4.78, 5) is 0.256. The molecule has 0 unspecified atom stereocenters. The normalized spacial score (nSPS) is 11.1. The first-order valence-electron chi connectivity index (χ1n) is 3.72. The van der Waals surface area contributed by atoms with Crippen molar-refractivity contribution < 1.29 is 8.42 Å². The number of rotatable bonds is 2. The Morgan fingerprint density at radius 3 is 1.93 bits per heavy atom. The lowest BCUT2D eigenvalue weighted by Gasteiger charge is -2.10. The predicted molar refractivity (Wildman–Crippen MR) is 59.0 cm³/mol. The van der Waals surface area contributed by atoms with Gasteiger partial charge in [-0.3, -0.25) is 0 Å². The van der Waals surface area contributed by atoms with Crippen molar-refractivity contribution >= 4 is 28.1 Å². The summed E-state index contributed by atoms with van der Waals surface area (Å²) in [6.07, 6.45) is 0. The van der Waals surface area contributed by atoms with Crippen LogP contribution in [0.15, 0.2) is 29.2 Å². The molecular weight excluding hydrogens is 224 g/mol. The Bertz CT molecular complexity index is 386. The Hall–Kier alpha value is -0.780. The summed E-state index contributed by atoms with van der Waals surface area (Å²) in [5.74, 6) is 0. The number of nitrogens with two attached hydrogens (primary N) is 1. The summed E-state index contributed by atoms with van der Waals surface area (Å²) in [5.41, 5.74) is 5.99. The molecule has 0 radical (unpaired) electrons. The Morgan fingerprint density at radius 2 is 1.57 bits per heavy atom. The third-order valence-electron chi connectivity index (χ3n) is 1.66. The van der Waals surface area contributed by atoms with Crippen LogP contribution < -0.4 is 5.73 Å². The molecule has 0 aliphatic carbocycles. The maximum absolute atomic E-state index is 11.5. The predicted octanol–water partition coefficient (Wildman–Crippen LogP) is 0.941. The van der Waals surface area contributed by atoms with Gasteiger partial charge in [-0.1, -0.05) is 0 Å². The van der Waals surface area contributed by atoms with E-state index >= 15 is 0 Å². The molecule has 2 N–H and O–H groups in total. The number of anilines is 1. The Labute approximate surface area is 90.2 Å². The van der Waals surface area contributed by atoms with E-state index in [0.717, 1.165) is 0 Å². The van der Waals surface area contributed by atoms with Crippen LogP contribution in [0.1, 0.15) is 0 Å². The Kier molecular flexibility index (Phi) is 4.38. The van der Waals surface area contributed by atoms with E-state index in [2.05, 4.69) is 0 Å². The highest BCUT2D eigenvalue weighted by molar-refractivity contribution is 7.89. The fourth-order valence-electron chi connectivity index (χ4n) is 0.851. The van der Waals surface area contributed by atoms with Crippen molar-refractivity contribution in [2.75, 3.05) is 19.8 Å². The largest absolute Gasteiger partial charge is 0.399 e. The second-order valence-electron chi connectivity index (χ2n) is 2.86. The summed E-state index contributed by atoms with van der Waals surface area (Å²) < 4.78 is 24.2. The van der Waals surface area contributed by atoms with E-state index in [1.165, 1.54) is 30.5 Å². The molecule has 0 saturated carbocycles. The maximum atomic E-state index is 11.5. The molecule has 0 aromatic heterocycles. The molecule has 0 saturated heterocycles. The summed E-state index contributed by atoms with van der Waals surface area (Å²) in [5, 5.41) is 0. The van der Waals surface area contributed by atoms with Crippen LogP contribution in [0.2, 0.25) is 0 Å². The molecule has 1 aromatic rings. The molecule has 14 heavy (non-hydrogen) atoms. The highest BCUT2D eigenvalue weighted by Gasteiger charge is 2.15. The van der Waals surface area contributed by atoms with Crippen molar-refractivity contribution in [1.82, 2.24) is 4.31 Å². The maximum Gasteiger partial charge on any atom is 0.242 e. The molecule has 0 heterocycles. The van der Waals surface area contributed by atoms with Crippen molar-refractivity contribution in [3.63, 3.8) is 0 Å². The van der Waals surface area contributed by atoms with Gasteiger partial charge in [0.15, 0.2) is 0 Å². The number of nitrogen functional groups attached to an aromatic ring is 1. The van der Waals surface area contributed by atoms with Crippen molar-refractivity contribution in [3.05, 3.63) is 24.3 Å². The zero-order valence-corrected chi connectivity index (χ0v) is 9.60. The van der Waals surface area contributed by atoms with Crippen LogP contribution in [0.25, 0.3) is 0 Å². The van der Waals surface area contributed by atoms with Gasteiger partial charge in [-0.05, 0) is 24.3 Å². The van der Waals surface area contributed by atoms with Crippen LogP contribution in [-0.2, 0) is 10.0 Å². The standard InChI is InChI=1S/C8H12N2O2S.ClH/c1-10(2)13(11,12)8-5-3-7(9)4-6-8;/h3-6H,9H2,1-2H3;1H. The first kappa shape index (κ1) is 13.2. The van der Waals surface area contributed by atoms with Crippen LogP contribution in [0, 0.1) is 0 Å². The molecular formula is C8H13ClN2O2S. The van der Waals surface area contributed by atoms with Crippen LogP contribution in [-0.4, -0.2) is 26.8 Å². The molecule has 0 amide bonds. The molecule has 0 aliphatic heterocycles. The molecule has 0 aliphatic rings. The lowest BCUT2D eigenvalue weighted by molar-refractivity contribution is 0.521. The topological polar surface area (TPSA) is 63.4 Å². The van der Waals surface area contributed by atoms with E-state index in [4.69, 9.17) is 5.73 Å². The van der Waals surface area contributed by atoms with Crippen LogP contribution in [0.4, 0.5) is 5.69 Å². The van der Waals surface area contributed by atoms with E-state index < -0.39 is 10.0 Å². The van der Waals surface area contributed by atoms with Gasteiger partial charge in [0.1, 0.15) is 0 Å². The number of hydrogen-bond acceptors (Lipinski definition) is 3. The van der Waals surface area contributed by atoms with E-state index in [-0.39, 0.29) is 17.3 Å². The molecule has 1 aromatic carbocycles. The molecule has 4 nitrogen and oxygen atoms in total. The van der Waals surface area contributed by atoms with E-state index in [1.54, 1.807) is 12.1 Å². The zero-order chi connectivity index (χ0) is 10.1. The number of sulfonamides is 1. The van der Waals surface area contributed by atoms with Crippen molar-refractivity contribution in [1.29, 1.82) is 0 Å². The zero-order valence-electron chi connectivity index (χ0n) is 7.97. The lowest BCUT2D eigenvalue weighted by Crippen LogP contribution is -2.22. The first-order valence-corrected chi connectivity index (χ1v) is 5.16. The molecule has 1 rings (SSSR count). The summed E-state index contributed by atoms with van der Waals surface area (Å²) in [6, 6.07) is 6.11. The SMILES string of the molecule is CN(C)S(=O)(=O)c1ccc(N)cc1.Cl. The van der Waals surface area contributed by atoms with Gasteiger partial charge >= 0.3 is 0 Å². The summed E-state index contributed by atoms with van der Waals surface area (Å²) >= 11 is 0. The minimum Gasteiger partial charge on any atom is -0.399 e. The van der Waals surface area contributed by atoms with Gasteiger partial charge in [0.05, 0.1) is 4.90 Å². The number of benzene rings is 1. The smallest absolute Gasteiger partial charge is 0.242 e. The molecule has 0 atom stereocenters. The van der Waals surface area contributed by atoms with Crippen LogP contribution in [0.3, 0.4) is 0 Å². The monoisotopic (exact) mass is 236 g/mol. The molecule has 0 spiro atoms. The quantitative estimate of drug-likeness (QED) is 0.778. The minimum absolute atomic E-state index is 0.